The molecule has 0 aliphatic carbocycles. The molecule has 9 heavy (non-hydrogen) atoms. The Morgan fingerprint density at radius 1 is 1.44 bits per heavy atom. The molecule has 0 radical (unpaired) electrons. The van der Waals surface area contributed by atoms with Crippen molar-refractivity contribution in [3.05, 3.63) is 24.5 Å². The Balaban J connectivity index is 2.85. The first-order valence-electron chi connectivity index (χ1n) is 3.20. The molecule has 0 bridgehead atoms. The van der Waals surface area contributed by atoms with E-state index in [2.05, 4.69) is 24.7 Å². The van der Waals surface area contributed by atoms with Gasteiger partial charge in [-0.3, -0.25) is 4.98 Å². The van der Waals surface area contributed by atoms with Crippen molar-refractivity contribution < 1.29 is 0 Å². The quantitative estimate of drug-likeness (QED) is 0.503. The van der Waals surface area contributed by atoms with Crippen molar-refractivity contribution in [1.29, 1.82) is 0 Å². The Hall–Kier alpha value is -0.785. The third kappa shape index (κ3) is 1.56. The van der Waals surface area contributed by atoms with Gasteiger partial charge in [-0.1, -0.05) is 25.2 Å². The molecule has 0 aromatic carbocycles. The highest BCUT2D eigenvalue weighted by Crippen LogP contribution is 1.82. The molecule has 0 spiro atoms. The lowest BCUT2D eigenvalue weighted by atomic mass is 9.50. The van der Waals surface area contributed by atoms with E-state index in [1.165, 1.54) is 5.46 Å². The van der Waals surface area contributed by atoms with E-state index >= 15 is 0 Å². The van der Waals surface area contributed by atoms with Crippen LogP contribution in [0.4, 0.5) is 0 Å². The molecule has 1 nitrogen and oxygen atoms in total. The van der Waals surface area contributed by atoms with Gasteiger partial charge in [0.2, 0.25) is 0 Å². The fourth-order valence-electron chi connectivity index (χ4n) is 0.717. The van der Waals surface area contributed by atoms with E-state index in [0.717, 1.165) is 0 Å². The normalized spacial score (nSPS) is 9.11. The van der Waals surface area contributed by atoms with E-state index in [1.54, 1.807) is 6.20 Å². The molecule has 0 fully saturated rings. The van der Waals surface area contributed by atoms with Crippen LogP contribution in [0.15, 0.2) is 24.5 Å². The zero-order chi connectivity index (χ0) is 6.69. The van der Waals surface area contributed by atoms with Crippen LogP contribution < -0.4 is 5.46 Å². The molecule has 0 unspecified atom stereocenters. The molecule has 0 N–H and O–H groups in total. The summed E-state index contributed by atoms with van der Waals surface area (Å²) < 4.78 is 0. The van der Waals surface area contributed by atoms with Gasteiger partial charge in [-0.05, 0) is 6.07 Å². The summed E-state index contributed by atoms with van der Waals surface area (Å²) in [5.41, 5.74) is 1.30. The minimum absolute atomic E-state index is 0.596. The van der Waals surface area contributed by atoms with Crippen molar-refractivity contribution in [2.75, 3.05) is 0 Å². The van der Waals surface area contributed by atoms with E-state index in [-0.39, 0.29) is 0 Å². The summed E-state index contributed by atoms with van der Waals surface area (Å²) in [6.07, 6.45) is 3.70. The third-order valence-electron chi connectivity index (χ3n) is 1.35. The minimum atomic E-state index is 0.596. The van der Waals surface area contributed by atoms with Crippen molar-refractivity contribution in [1.82, 2.24) is 4.98 Å². The zero-order valence-corrected chi connectivity index (χ0v) is 5.83. The molecule has 0 saturated carbocycles. The van der Waals surface area contributed by atoms with Crippen LogP contribution in [0.5, 0.6) is 0 Å². The van der Waals surface area contributed by atoms with Crippen LogP contribution in [0.2, 0.25) is 13.6 Å². The molecule has 46 valence electrons. The summed E-state index contributed by atoms with van der Waals surface area (Å²) in [4.78, 5) is 4.01. The van der Waals surface area contributed by atoms with Crippen molar-refractivity contribution in [2.45, 2.75) is 13.6 Å². The Morgan fingerprint density at radius 2 is 2.22 bits per heavy atom. The third-order valence-corrected chi connectivity index (χ3v) is 1.35. The van der Waals surface area contributed by atoms with Crippen LogP contribution in [-0.4, -0.2) is 11.7 Å². The van der Waals surface area contributed by atoms with E-state index in [1.807, 2.05) is 12.3 Å². The topological polar surface area (TPSA) is 12.9 Å². The number of pyridine rings is 1. The maximum absolute atomic E-state index is 4.01. The Bertz CT molecular complexity index is 172. The lowest BCUT2D eigenvalue weighted by molar-refractivity contribution is 1.35. The summed E-state index contributed by atoms with van der Waals surface area (Å²) in [6.45, 7) is 4.92. The van der Waals surface area contributed by atoms with Gasteiger partial charge in [0, 0.05) is 12.4 Å². The van der Waals surface area contributed by atoms with Crippen LogP contribution in [0, 0.1) is 0 Å². The van der Waals surface area contributed by atoms with Crippen molar-refractivity contribution in [3.8, 4) is 0 Å². The molecule has 1 aromatic heterocycles. The van der Waals surface area contributed by atoms with Gasteiger partial charge in [0.05, 0.1) is 0 Å². The summed E-state index contributed by atoms with van der Waals surface area (Å²) in [5, 5.41) is 0. The molecule has 0 saturated heterocycles. The second-order valence-electron chi connectivity index (χ2n) is 2.44. The first-order chi connectivity index (χ1) is 4.30. The molecule has 0 aliphatic heterocycles. The van der Waals surface area contributed by atoms with Crippen molar-refractivity contribution >= 4 is 12.2 Å². The molecule has 1 rings (SSSR count). The molecule has 0 aliphatic rings. The van der Waals surface area contributed by atoms with Crippen LogP contribution in [0.25, 0.3) is 0 Å². The molecule has 0 amide bonds. The smallest absolute Gasteiger partial charge is 0.171 e. The largest absolute Gasteiger partial charge is 0.265 e. The highest BCUT2D eigenvalue weighted by molar-refractivity contribution is 6.70. The van der Waals surface area contributed by atoms with Gasteiger partial charge in [0.15, 0.2) is 6.71 Å². The predicted molar refractivity (Wildman–Crippen MR) is 41.4 cm³/mol. The summed E-state index contributed by atoms with van der Waals surface area (Å²) in [7, 11) is 0. The van der Waals surface area contributed by atoms with E-state index in [0.29, 0.717) is 6.71 Å². The second-order valence-corrected chi connectivity index (χ2v) is 2.44. The Kier molecular flexibility index (Phi) is 1.88. The molecular weight excluding hydrogens is 109 g/mol. The number of hydrogen-bond donors (Lipinski definition) is 0. The number of hydrogen-bond acceptors (Lipinski definition) is 1. The monoisotopic (exact) mass is 119 g/mol. The first kappa shape index (κ1) is 6.34. The molecule has 1 heterocycles. The predicted octanol–water partition coefficient (Wildman–Crippen LogP) is 1.04. The lowest BCUT2D eigenvalue weighted by Gasteiger charge is -1.97. The summed E-state index contributed by atoms with van der Waals surface area (Å²) in [6, 6.07) is 4.06. The molecule has 2 heteroatoms. The highest BCUT2D eigenvalue weighted by atomic mass is 14.6. The average molecular weight is 119 g/mol. The zero-order valence-electron chi connectivity index (χ0n) is 5.83. The van der Waals surface area contributed by atoms with Gasteiger partial charge >= 0.3 is 0 Å². The van der Waals surface area contributed by atoms with Crippen molar-refractivity contribution in [3.63, 3.8) is 0 Å². The van der Waals surface area contributed by atoms with Gasteiger partial charge < -0.3 is 0 Å². The molecule has 0 atom stereocenters. The number of nitrogens with zero attached hydrogens (tertiary/aromatic N) is 1. The lowest BCUT2D eigenvalue weighted by Crippen LogP contribution is -2.22. The van der Waals surface area contributed by atoms with E-state index in [9.17, 15) is 0 Å². The molecule has 1 aromatic rings. The number of aromatic nitrogens is 1. The van der Waals surface area contributed by atoms with Gasteiger partial charge in [0.1, 0.15) is 0 Å². The van der Waals surface area contributed by atoms with E-state index < -0.39 is 0 Å². The van der Waals surface area contributed by atoms with Gasteiger partial charge in [-0.25, -0.2) is 0 Å². The maximum Gasteiger partial charge on any atom is 0.171 e. The minimum Gasteiger partial charge on any atom is -0.265 e. The fourth-order valence-corrected chi connectivity index (χ4v) is 0.717. The van der Waals surface area contributed by atoms with Gasteiger partial charge in [-0.15, -0.1) is 0 Å². The summed E-state index contributed by atoms with van der Waals surface area (Å²) >= 11 is 0. The molecular formula is C7H10BN. The first-order valence-corrected chi connectivity index (χ1v) is 3.20. The second kappa shape index (κ2) is 2.67. The van der Waals surface area contributed by atoms with Crippen LogP contribution in [0.3, 0.4) is 0 Å². The average Bonchev–Trinajstić information content (AvgIpc) is 1.90. The Labute approximate surface area is 56.2 Å². The number of rotatable bonds is 1. The van der Waals surface area contributed by atoms with Gasteiger partial charge in [0.25, 0.3) is 0 Å². The van der Waals surface area contributed by atoms with Crippen molar-refractivity contribution in [2.24, 2.45) is 0 Å². The van der Waals surface area contributed by atoms with E-state index in [4.69, 9.17) is 0 Å². The SMILES string of the molecule is CB(C)c1cccnc1. The van der Waals surface area contributed by atoms with Crippen LogP contribution in [-0.2, 0) is 0 Å². The Morgan fingerprint density at radius 3 is 2.56 bits per heavy atom. The van der Waals surface area contributed by atoms with Crippen LogP contribution >= 0.6 is 0 Å². The van der Waals surface area contributed by atoms with Crippen LogP contribution in [0.1, 0.15) is 0 Å². The standard InChI is InChI=1S/C7H10BN/c1-8(2)7-4-3-5-9-6-7/h3-6H,1-2H3. The maximum atomic E-state index is 4.01. The fraction of sp³-hybridized carbons (Fsp3) is 0.286. The highest BCUT2D eigenvalue weighted by Gasteiger charge is 1.99. The van der Waals surface area contributed by atoms with Gasteiger partial charge in [-0.2, -0.15) is 0 Å². The summed E-state index contributed by atoms with van der Waals surface area (Å²) in [5.74, 6) is 0.